The van der Waals surface area contributed by atoms with Gasteiger partial charge >= 0.3 is 11.9 Å². The van der Waals surface area contributed by atoms with Crippen LogP contribution in [0.1, 0.15) is 39.9 Å². The lowest BCUT2D eigenvalue weighted by molar-refractivity contribution is -0.159. The SMILES string of the molecule is O=C(O)C(=O)O.O=C(c1ccccc1)c1nsc(C2CN3CCC2CC3)n1. The third-order valence-corrected chi connectivity index (χ3v) is 5.68. The number of benzene rings is 1. The van der Waals surface area contributed by atoms with Crippen LogP contribution in [0.3, 0.4) is 0 Å². The number of carboxylic acid groups (broad SMARTS) is 2. The number of piperidine rings is 3. The molecule has 2 aromatic rings. The van der Waals surface area contributed by atoms with Crippen molar-refractivity contribution in [3.63, 3.8) is 0 Å². The van der Waals surface area contributed by atoms with E-state index in [2.05, 4.69) is 14.3 Å². The average Bonchev–Trinajstić information content (AvgIpc) is 3.19. The van der Waals surface area contributed by atoms with E-state index in [1.807, 2.05) is 30.3 Å². The number of nitrogens with zero attached hydrogens (tertiary/aromatic N) is 3. The van der Waals surface area contributed by atoms with Gasteiger partial charge < -0.3 is 15.1 Å². The molecule has 0 amide bonds. The molecule has 1 unspecified atom stereocenters. The molecule has 27 heavy (non-hydrogen) atoms. The predicted molar refractivity (Wildman–Crippen MR) is 97.0 cm³/mol. The predicted octanol–water partition coefficient (Wildman–Crippen LogP) is 1.73. The maximum Gasteiger partial charge on any atom is 0.414 e. The van der Waals surface area contributed by atoms with Gasteiger partial charge in [0.15, 0.2) is 0 Å². The molecule has 4 heterocycles. The molecule has 3 saturated heterocycles. The van der Waals surface area contributed by atoms with E-state index in [0.717, 1.165) is 17.5 Å². The van der Waals surface area contributed by atoms with Crippen molar-refractivity contribution in [2.75, 3.05) is 19.6 Å². The first kappa shape index (κ1) is 19.1. The molecule has 1 aromatic heterocycles. The number of aromatic nitrogens is 2. The molecule has 2 N–H and O–H groups in total. The molecule has 2 bridgehead atoms. The summed E-state index contributed by atoms with van der Waals surface area (Å²) in [7, 11) is 0. The van der Waals surface area contributed by atoms with Gasteiger partial charge in [-0.25, -0.2) is 14.6 Å². The molecular formula is C18H19N3O5S. The number of hydrogen-bond acceptors (Lipinski definition) is 7. The largest absolute Gasteiger partial charge is 0.473 e. The smallest absolute Gasteiger partial charge is 0.414 e. The number of aliphatic carboxylic acids is 2. The molecule has 1 atom stereocenters. The number of fused-ring (bicyclic) bond motifs is 3. The lowest BCUT2D eigenvalue weighted by Gasteiger charge is -2.43. The second kappa shape index (κ2) is 8.36. The third-order valence-electron chi connectivity index (χ3n) is 4.84. The summed E-state index contributed by atoms with van der Waals surface area (Å²) in [6, 6.07) is 9.28. The van der Waals surface area contributed by atoms with Crippen molar-refractivity contribution in [1.82, 2.24) is 14.3 Å². The topological polar surface area (TPSA) is 121 Å². The summed E-state index contributed by atoms with van der Waals surface area (Å²) in [5.41, 5.74) is 0.663. The molecule has 3 aliphatic rings. The Bertz CT molecular complexity index is 819. The van der Waals surface area contributed by atoms with E-state index >= 15 is 0 Å². The quantitative estimate of drug-likeness (QED) is 0.601. The molecule has 3 aliphatic heterocycles. The standard InChI is InChI=1S/C16H17N3OS.C2H2O4/c20-14(12-4-2-1-3-5-12)15-17-16(21-18-15)13-10-19-8-6-11(13)7-9-19;3-1(4)2(5)6/h1-5,11,13H,6-10H2;(H,3,4)(H,5,6). The summed E-state index contributed by atoms with van der Waals surface area (Å²) in [6.45, 7) is 3.52. The van der Waals surface area contributed by atoms with Crippen LogP contribution in [0.2, 0.25) is 0 Å². The Morgan fingerprint density at radius 3 is 2.19 bits per heavy atom. The fraction of sp³-hybridized carbons (Fsp3) is 0.389. The first-order valence-corrected chi connectivity index (χ1v) is 9.35. The third kappa shape index (κ3) is 4.55. The molecule has 0 spiro atoms. The minimum atomic E-state index is -1.82. The van der Waals surface area contributed by atoms with Gasteiger partial charge in [-0.05, 0) is 43.4 Å². The van der Waals surface area contributed by atoms with Gasteiger partial charge in [-0.1, -0.05) is 30.3 Å². The Balaban J connectivity index is 0.000000307. The van der Waals surface area contributed by atoms with Crippen molar-refractivity contribution < 1.29 is 24.6 Å². The van der Waals surface area contributed by atoms with E-state index in [4.69, 9.17) is 19.8 Å². The van der Waals surface area contributed by atoms with Gasteiger partial charge in [-0.3, -0.25) is 4.79 Å². The summed E-state index contributed by atoms with van der Waals surface area (Å²) < 4.78 is 4.31. The van der Waals surface area contributed by atoms with Crippen LogP contribution in [0.25, 0.3) is 0 Å². The number of carboxylic acids is 2. The summed E-state index contributed by atoms with van der Waals surface area (Å²) in [6.07, 6.45) is 2.51. The molecule has 1 aromatic carbocycles. The highest BCUT2D eigenvalue weighted by Gasteiger charge is 2.37. The number of carbonyl (C=O) groups is 3. The van der Waals surface area contributed by atoms with E-state index in [1.54, 1.807) is 0 Å². The van der Waals surface area contributed by atoms with Gasteiger partial charge in [-0.2, -0.15) is 4.37 Å². The van der Waals surface area contributed by atoms with Crippen LogP contribution >= 0.6 is 11.5 Å². The Morgan fingerprint density at radius 1 is 1.04 bits per heavy atom. The molecule has 8 nitrogen and oxygen atoms in total. The molecule has 3 fully saturated rings. The second-order valence-corrected chi connectivity index (χ2v) is 7.29. The first-order chi connectivity index (χ1) is 13.0. The lowest BCUT2D eigenvalue weighted by Crippen LogP contribution is -2.46. The Labute approximate surface area is 159 Å². The highest BCUT2D eigenvalue weighted by atomic mass is 32.1. The monoisotopic (exact) mass is 389 g/mol. The Kier molecular flexibility index (Phi) is 5.92. The second-order valence-electron chi connectivity index (χ2n) is 6.51. The fourth-order valence-corrected chi connectivity index (χ4v) is 4.27. The van der Waals surface area contributed by atoms with Gasteiger partial charge in [-0.15, -0.1) is 0 Å². The summed E-state index contributed by atoms with van der Waals surface area (Å²) >= 11 is 1.41. The fourth-order valence-electron chi connectivity index (χ4n) is 3.44. The van der Waals surface area contributed by atoms with Gasteiger partial charge in [0, 0.05) is 18.0 Å². The van der Waals surface area contributed by atoms with Gasteiger partial charge in [0.2, 0.25) is 11.6 Å². The molecule has 0 saturated carbocycles. The lowest BCUT2D eigenvalue weighted by atomic mass is 9.79. The minimum absolute atomic E-state index is 0.0700. The van der Waals surface area contributed by atoms with Crippen molar-refractivity contribution in [1.29, 1.82) is 0 Å². The average molecular weight is 389 g/mol. The highest BCUT2D eigenvalue weighted by molar-refractivity contribution is 7.05. The van der Waals surface area contributed by atoms with Gasteiger partial charge in [0.1, 0.15) is 5.01 Å². The Morgan fingerprint density at radius 2 is 1.67 bits per heavy atom. The zero-order valence-electron chi connectivity index (χ0n) is 14.4. The van der Waals surface area contributed by atoms with Crippen molar-refractivity contribution in [2.45, 2.75) is 18.8 Å². The maximum absolute atomic E-state index is 12.4. The normalized spacial score (nSPS) is 23.2. The van der Waals surface area contributed by atoms with E-state index < -0.39 is 11.9 Å². The maximum atomic E-state index is 12.4. The zero-order chi connectivity index (χ0) is 19.4. The summed E-state index contributed by atoms with van der Waals surface area (Å²) in [5.74, 6) is -2.16. The number of ketones is 1. The van der Waals surface area contributed by atoms with Crippen LogP contribution in [-0.2, 0) is 9.59 Å². The molecule has 0 aliphatic carbocycles. The zero-order valence-corrected chi connectivity index (χ0v) is 15.3. The van der Waals surface area contributed by atoms with Crippen molar-refractivity contribution in [3.05, 3.63) is 46.7 Å². The van der Waals surface area contributed by atoms with Crippen molar-refractivity contribution in [2.24, 2.45) is 5.92 Å². The molecule has 5 rings (SSSR count). The van der Waals surface area contributed by atoms with Crippen LogP contribution in [0.5, 0.6) is 0 Å². The molecular weight excluding hydrogens is 370 g/mol. The van der Waals surface area contributed by atoms with Crippen LogP contribution in [0.15, 0.2) is 30.3 Å². The van der Waals surface area contributed by atoms with Gasteiger partial charge in [0.05, 0.1) is 0 Å². The number of hydrogen-bond donors (Lipinski definition) is 2. The van der Waals surface area contributed by atoms with Crippen LogP contribution in [0, 0.1) is 5.92 Å². The summed E-state index contributed by atoms with van der Waals surface area (Å²) in [5, 5.41) is 15.8. The van der Waals surface area contributed by atoms with Gasteiger partial charge in [0.25, 0.3) is 0 Å². The van der Waals surface area contributed by atoms with Crippen molar-refractivity contribution >= 4 is 29.3 Å². The van der Waals surface area contributed by atoms with E-state index in [1.165, 1.54) is 37.5 Å². The number of rotatable bonds is 3. The Hall–Kier alpha value is -2.65. The molecule has 0 radical (unpaired) electrons. The minimum Gasteiger partial charge on any atom is -0.473 e. The van der Waals surface area contributed by atoms with Crippen molar-refractivity contribution in [3.8, 4) is 0 Å². The van der Waals surface area contributed by atoms with Crippen LogP contribution in [0.4, 0.5) is 0 Å². The van der Waals surface area contributed by atoms with Crippen LogP contribution < -0.4 is 0 Å². The summed E-state index contributed by atoms with van der Waals surface area (Å²) in [4.78, 5) is 37.6. The van der Waals surface area contributed by atoms with Crippen LogP contribution in [-0.4, -0.2) is 61.8 Å². The first-order valence-electron chi connectivity index (χ1n) is 8.57. The molecule has 9 heteroatoms. The van der Waals surface area contributed by atoms with E-state index in [9.17, 15) is 4.79 Å². The van der Waals surface area contributed by atoms with E-state index in [0.29, 0.717) is 17.3 Å². The van der Waals surface area contributed by atoms with E-state index in [-0.39, 0.29) is 5.78 Å². The number of carbonyl (C=O) groups excluding carboxylic acids is 1. The molecule has 142 valence electrons. The highest BCUT2D eigenvalue weighted by Crippen LogP contribution is 2.39.